The normalized spacial score (nSPS) is 12.5. The van der Waals surface area contributed by atoms with E-state index >= 15 is 0 Å². The molecule has 0 saturated carbocycles. The third-order valence-corrected chi connectivity index (χ3v) is 4.36. The van der Waals surface area contributed by atoms with Gasteiger partial charge in [-0.25, -0.2) is 4.79 Å². The van der Waals surface area contributed by atoms with Gasteiger partial charge in [-0.2, -0.15) is 4.98 Å². The topological polar surface area (TPSA) is 94.1 Å². The lowest BCUT2D eigenvalue weighted by Gasteiger charge is -2.12. The van der Waals surface area contributed by atoms with Crippen LogP contribution in [-0.2, 0) is 20.6 Å². The Morgan fingerprint density at radius 3 is 2.42 bits per heavy atom. The molecule has 2 heterocycles. The number of fused-ring (bicyclic) bond motifs is 1. The summed E-state index contributed by atoms with van der Waals surface area (Å²) >= 11 is 0. The molecule has 3 aromatic rings. The van der Waals surface area contributed by atoms with Crippen molar-refractivity contribution in [2.45, 2.75) is 26.5 Å². The molecule has 8 nitrogen and oxygen atoms in total. The summed E-state index contributed by atoms with van der Waals surface area (Å²) in [7, 11) is 3.04. The van der Waals surface area contributed by atoms with E-state index in [9.17, 15) is 14.7 Å². The molecule has 8 heteroatoms. The summed E-state index contributed by atoms with van der Waals surface area (Å²) in [6.07, 6.45) is -0.575. The quantitative estimate of drug-likeness (QED) is 0.697. The van der Waals surface area contributed by atoms with Crippen LogP contribution in [-0.4, -0.2) is 36.4 Å². The SMILES string of the molecule is Cc1ccc(Cn2c(NC[C@@H](C)O)nc3c2c(=O)n(C)c(=O)n3C)cc1. The van der Waals surface area contributed by atoms with Gasteiger partial charge in [-0.3, -0.25) is 18.5 Å². The smallest absolute Gasteiger partial charge is 0.332 e. The molecule has 0 aliphatic heterocycles. The maximum Gasteiger partial charge on any atom is 0.332 e. The lowest BCUT2D eigenvalue weighted by atomic mass is 10.1. The second kappa shape index (κ2) is 6.80. The van der Waals surface area contributed by atoms with Gasteiger partial charge in [-0.05, 0) is 19.4 Å². The van der Waals surface area contributed by atoms with Crippen LogP contribution in [0.2, 0.25) is 0 Å². The first-order chi connectivity index (χ1) is 12.3. The zero-order valence-corrected chi connectivity index (χ0v) is 15.4. The summed E-state index contributed by atoms with van der Waals surface area (Å²) < 4.78 is 4.19. The van der Waals surface area contributed by atoms with Crippen LogP contribution >= 0.6 is 0 Å². The Balaban J connectivity index is 2.22. The van der Waals surface area contributed by atoms with Crippen LogP contribution in [0.25, 0.3) is 11.2 Å². The second-order valence-electron chi connectivity index (χ2n) is 6.62. The second-order valence-corrected chi connectivity index (χ2v) is 6.62. The van der Waals surface area contributed by atoms with Gasteiger partial charge in [0.2, 0.25) is 5.95 Å². The average molecular weight is 357 g/mol. The number of aliphatic hydroxyl groups is 1. The number of imidazole rings is 1. The summed E-state index contributed by atoms with van der Waals surface area (Å²) in [6.45, 7) is 4.38. The lowest BCUT2D eigenvalue weighted by molar-refractivity contribution is 0.208. The van der Waals surface area contributed by atoms with Gasteiger partial charge in [0.15, 0.2) is 11.2 Å². The Morgan fingerprint density at radius 2 is 1.81 bits per heavy atom. The third-order valence-electron chi connectivity index (χ3n) is 4.36. The van der Waals surface area contributed by atoms with E-state index in [1.807, 2.05) is 31.2 Å². The van der Waals surface area contributed by atoms with Crippen LogP contribution in [0.3, 0.4) is 0 Å². The molecule has 0 spiro atoms. The molecule has 0 unspecified atom stereocenters. The number of hydrogen-bond donors (Lipinski definition) is 2. The molecule has 1 atom stereocenters. The Labute approximate surface area is 150 Å². The number of anilines is 1. The molecule has 3 rings (SSSR count). The van der Waals surface area contributed by atoms with E-state index in [2.05, 4.69) is 10.3 Å². The number of nitrogens with one attached hydrogen (secondary N) is 1. The Hall–Kier alpha value is -2.87. The fourth-order valence-electron chi connectivity index (χ4n) is 2.85. The van der Waals surface area contributed by atoms with Crippen molar-refractivity contribution in [3.8, 4) is 0 Å². The van der Waals surface area contributed by atoms with Gasteiger partial charge in [-0.1, -0.05) is 29.8 Å². The summed E-state index contributed by atoms with van der Waals surface area (Å²) in [5.41, 5.74) is 2.00. The van der Waals surface area contributed by atoms with E-state index < -0.39 is 17.4 Å². The van der Waals surface area contributed by atoms with Crippen molar-refractivity contribution in [1.82, 2.24) is 18.7 Å². The van der Waals surface area contributed by atoms with Crippen molar-refractivity contribution in [2.75, 3.05) is 11.9 Å². The third kappa shape index (κ3) is 3.15. The van der Waals surface area contributed by atoms with Crippen molar-refractivity contribution in [3.05, 3.63) is 56.2 Å². The van der Waals surface area contributed by atoms with E-state index in [1.54, 1.807) is 18.5 Å². The highest BCUT2D eigenvalue weighted by Gasteiger charge is 2.19. The van der Waals surface area contributed by atoms with Crippen LogP contribution in [0.4, 0.5) is 5.95 Å². The summed E-state index contributed by atoms with van der Waals surface area (Å²) in [6, 6.07) is 7.99. The lowest BCUT2D eigenvalue weighted by Crippen LogP contribution is -2.37. The van der Waals surface area contributed by atoms with Gasteiger partial charge in [-0.15, -0.1) is 0 Å². The molecule has 2 aromatic heterocycles. The maximum atomic E-state index is 12.7. The summed E-state index contributed by atoms with van der Waals surface area (Å²) in [4.78, 5) is 29.4. The van der Waals surface area contributed by atoms with E-state index in [1.165, 1.54) is 11.6 Å². The van der Waals surface area contributed by atoms with Crippen LogP contribution in [0, 0.1) is 6.92 Å². The number of benzene rings is 1. The van der Waals surface area contributed by atoms with Crippen LogP contribution in [0.15, 0.2) is 33.9 Å². The molecule has 0 amide bonds. The van der Waals surface area contributed by atoms with Crippen molar-refractivity contribution >= 4 is 17.1 Å². The zero-order valence-electron chi connectivity index (χ0n) is 15.4. The number of aliphatic hydroxyl groups excluding tert-OH is 1. The average Bonchev–Trinajstić information content (AvgIpc) is 2.96. The summed E-state index contributed by atoms with van der Waals surface area (Å²) in [5.74, 6) is 0.444. The number of aromatic nitrogens is 4. The first-order valence-corrected chi connectivity index (χ1v) is 8.43. The van der Waals surface area contributed by atoms with Crippen LogP contribution in [0.5, 0.6) is 0 Å². The van der Waals surface area contributed by atoms with Crippen LogP contribution in [0.1, 0.15) is 18.1 Å². The number of rotatable bonds is 5. The van der Waals surface area contributed by atoms with Gasteiger partial charge in [0.1, 0.15) is 0 Å². The highest BCUT2D eigenvalue weighted by atomic mass is 16.3. The first-order valence-electron chi connectivity index (χ1n) is 8.43. The Morgan fingerprint density at radius 1 is 1.15 bits per heavy atom. The molecule has 0 aliphatic carbocycles. The predicted octanol–water partition coefficient (Wildman–Crippen LogP) is 0.583. The maximum absolute atomic E-state index is 12.7. The Bertz CT molecular complexity index is 1060. The van der Waals surface area contributed by atoms with Gasteiger partial charge < -0.3 is 10.4 Å². The van der Waals surface area contributed by atoms with Gasteiger partial charge >= 0.3 is 5.69 Å². The van der Waals surface area contributed by atoms with Gasteiger partial charge in [0.05, 0.1) is 12.6 Å². The molecule has 2 N–H and O–H groups in total. The molecule has 0 bridgehead atoms. The number of nitrogens with zero attached hydrogens (tertiary/aromatic N) is 4. The molecule has 26 heavy (non-hydrogen) atoms. The molecule has 0 saturated heterocycles. The molecule has 0 aliphatic rings. The minimum absolute atomic E-state index is 0.283. The van der Waals surface area contributed by atoms with Crippen molar-refractivity contribution in [1.29, 1.82) is 0 Å². The molecule has 138 valence electrons. The highest BCUT2D eigenvalue weighted by molar-refractivity contribution is 5.74. The molecule has 0 radical (unpaired) electrons. The largest absolute Gasteiger partial charge is 0.392 e. The van der Waals surface area contributed by atoms with E-state index in [0.717, 1.165) is 15.7 Å². The molecular weight excluding hydrogens is 334 g/mol. The van der Waals surface area contributed by atoms with Crippen molar-refractivity contribution in [2.24, 2.45) is 14.1 Å². The fourth-order valence-corrected chi connectivity index (χ4v) is 2.85. The number of hydrogen-bond acceptors (Lipinski definition) is 5. The number of aryl methyl sites for hydroxylation is 2. The van der Waals surface area contributed by atoms with E-state index in [0.29, 0.717) is 23.7 Å². The van der Waals surface area contributed by atoms with Gasteiger partial charge in [0.25, 0.3) is 5.56 Å². The highest BCUT2D eigenvalue weighted by Crippen LogP contribution is 2.18. The minimum atomic E-state index is -0.575. The molecular formula is C18H23N5O3. The Kier molecular flexibility index (Phi) is 4.69. The first kappa shape index (κ1) is 17.9. The van der Waals surface area contributed by atoms with E-state index in [-0.39, 0.29) is 6.54 Å². The molecule has 0 fully saturated rings. The van der Waals surface area contributed by atoms with Gasteiger partial charge in [0, 0.05) is 20.6 Å². The molecule has 1 aromatic carbocycles. The van der Waals surface area contributed by atoms with Crippen molar-refractivity contribution in [3.63, 3.8) is 0 Å². The minimum Gasteiger partial charge on any atom is -0.392 e. The fraction of sp³-hybridized carbons (Fsp3) is 0.389. The summed E-state index contributed by atoms with van der Waals surface area (Å²) in [5, 5.41) is 12.6. The van der Waals surface area contributed by atoms with Crippen molar-refractivity contribution < 1.29 is 5.11 Å². The zero-order chi connectivity index (χ0) is 19.0. The predicted molar refractivity (Wildman–Crippen MR) is 101 cm³/mol. The monoisotopic (exact) mass is 357 g/mol. The van der Waals surface area contributed by atoms with E-state index in [4.69, 9.17) is 0 Å². The standard InChI is InChI=1S/C18H23N5O3/c1-11-5-7-13(8-6-11)10-23-14-15(20-17(23)19-9-12(2)24)21(3)18(26)22(4)16(14)25/h5-8,12,24H,9-10H2,1-4H3,(H,19,20)/t12-/m1/s1. The van der Waals surface area contributed by atoms with Crippen LogP contribution < -0.4 is 16.6 Å².